The maximum absolute atomic E-state index is 11.1. The first-order chi connectivity index (χ1) is 8.31. The van der Waals surface area contributed by atoms with Gasteiger partial charge in [-0.2, -0.15) is 0 Å². The zero-order chi connectivity index (χ0) is 13.8. The van der Waals surface area contributed by atoms with Crippen molar-refractivity contribution in [1.82, 2.24) is 10.6 Å². The van der Waals surface area contributed by atoms with Crippen LogP contribution in [0.25, 0.3) is 0 Å². The molecule has 106 valence electrons. The third kappa shape index (κ3) is 6.23. The van der Waals surface area contributed by atoms with Crippen molar-refractivity contribution in [2.75, 3.05) is 18.6 Å². The molecule has 1 aliphatic rings. The highest BCUT2D eigenvalue weighted by Crippen LogP contribution is 2.28. The van der Waals surface area contributed by atoms with Gasteiger partial charge < -0.3 is 10.6 Å². The van der Waals surface area contributed by atoms with Gasteiger partial charge in [0.15, 0.2) is 5.96 Å². The van der Waals surface area contributed by atoms with Crippen molar-refractivity contribution < 1.29 is 8.42 Å². The molecule has 18 heavy (non-hydrogen) atoms. The largest absolute Gasteiger partial charge is 0.354 e. The fraction of sp³-hybridized carbons (Fsp3) is 0.917. The van der Waals surface area contributed by atoms with Crippen LogP contribution in [0, 0.1) is 5.92 Å². The normalized spacial score (nSPS) is 25.7. The molecular formula is C12H25N3O2S. The average Bonchev–Trinajstić information content (AvgIpc) is 2.91. The van der Waals surface area contributed by atoms with E-state index < -0.39 is 9.84 Å². The van der Waals surface area contributed by atoms with Crippen molar-refractivity contribution in [3.63, 3.8) is 0 Å². The molecule has 3 unspecified atom stereocenters. The van der Waals surface area contributed by atoms with Gasteiger partial charge in [-0.1, -0.05) is 6.92 Å². The molecule has 1 rings (SSSR count). The molecule has 1 aliphatic carbocycles. The van der Waals surface area contributed by atoms with Crippen LogP contribution in [0.4, 0.5) is 0 Å². The molecule has 0 aromatic carbocycles. The topological polar surface area (TPSA) is 70.6 Å². The second-order valence-electron chi connectivity index (χ2n) is 5.25. The maximum atomic E-state index is 11.1. The molecule has 0 aromatic heterocycles. The highest BCUT2D eigenvalue weighted by atomic mass is 32.2. The summed E-state index contributed by atoms with van der Waals surface area (Å²) in [6, 6.07) is 0.622. The Morgan fingerprint density at radius 2 is 2.11 bits per heavy atom. The first kappa shape index (κ1) is 15.3. The summed E-state index contributed by atoms with van der Waals surface area (Å²) < 4.78 is 22.2. The van der Waals surface area contributed by atoms with E-state index in [1.54, 1.807) is 0 Å². The number of nitrogens with zero attached hydrogens (tertiary/aromatic N) is 1. The highest BCUT2D eigenvalue weighted by Gasteiger charge is 2.33. The van der Waals surface area contributed by atoms with Crippen LogP contribution in [0.1, 0.15) is 33.6 Å². The third-order valence-corrected chi connectivity index (χ3v) is 4.03. The number of sulfone groups is 1. The monoisotopic (exact) mass is 275 g/mol. The van der Waals surface area contributed by atoms with Crippen LogP contribution >= 0.6 is 0 Å². The number of aliphatic imine (C=N–C) groups is 1. The molecule has 0 spiro atoms. The molecule has 0 aromatic rings. The van der Waals surface area contributed by atoms with E-state index in [0.29, 0.717) is 18.4 Å². The van der Waals surface area contributed by atoms with Gasteiger partial charge in [0.05, 0.1) is 5.75 Å². The molecule has 1 saturated carbocycles. The van der Waals surface area contributed by atoms with Crippen molar-refractivity contribution in [3.8, 4) is 0 Å². The zero-order valence-corrected chi connectivity index (χ0v) is 12.5. The molecule has 0 heterocycles. The standard InChI is InChI=1S/C12H25N3O2S/c1-5-13-12(15-11-8-9(11)2)14-10(3)6-7-18(4,16)17/h9-11H,5-8H2,1-4H3,(H2,13,14,15). The molecule has 2 N–H and O–H groups in total. The van der Waals surface area contributed by atoms with Crippen LogP contribution < -0.4 is 10.6 Å². The molecule has 0 aliphatic heterocycles. The third-order valence-electron chi connectivity index (χ3n) is 3.05. The quantitative estimate of drug-likeness (QED) is 0.555. The second-order valence-corrected chi connectivity index (χ2v) is 7.51. The Morgan fingerprint density at radius 1 is 1.50 bits per heavy atom. The zero-order valence-electron chi connectivity index (χ0n) is 11.7. The fourth-order valence-electron chi connectivity index (χ4n) is 1.69. The van der Waals surface area contributed by atoms with E-state index in [4.69, 9.17) is 0 Å². The van der Waals surface area contributed by atoms with Crippen LogP contribution in [0.5, 0.6) is 0 Å². The van der Waals surface area contributed by atoms with Crippen LogP contribution in [0.3, 0.4) is 0 Å². The lowest BCUT2D eigenvalue weighted by molar-refractivity contribution is 0.580. The van der Waals surface area contributed by atoms with Gasteiger partial charge in [0.1, 0.15) is 9.84 Å². The summed E-state index contributed by atoms with van der Waals surface area (Å²) in [5.74, 6) is 1.72. The summed E-state index contributed by atoms with van der Waals surface area (Å²) in [4.78, 5) is 4.37. The van der Waals surface area contributed by atoms with Crippen molar-refractivity contribution in [3.05, 3.63) is 0 Å². The number of hydrogen-bond donors (Lipinski definition) is 2. The summed E-state index contributed by atoms with van der Waals surface area (Å²) in [5.41, 5.74) is 0. The molecule has 0 saturated heterocycles. The number of rotatable bonds is 6. The molecule has 0 radical (unpaired) electrons. The van der Waals surface area contributed by atoms with Gasteiger partial charge in [0, 0.05) is 24.9 Å². The van der Waals surface area contributed by atoms with Crippen LogP contribution in [-0.2, 0) is 9.84 Å². The Hall–Kier alpha value is -0.780. The van der Waals surface area contributed by atoms with Gasteiger partial charge in [-0.15, -0.1) is 0 Å². The lowest BCUT2D eigenvalue weighted by Crippen LogP contribution is -2.44. The number of guanidine groups is 1. The van der Waals surface area contributed by atoms with Crippen molar-refractivity contribution in [2.24, 2.45) is 10.9 Å². The van der Waals surface area contributed by atoms with Crippen molar-refractivity contribution in [2.45, 2.75) is 45.7 Å². The van der Waals surface area contributed by atoms with Crippen LogP contribution in [0.2, 0.25) is 0 Å². The SMILES string of the molecule is CCN=C(NC(C)CCS(C)(=O)=O)NC1CC1C. The predicted molar refractivity (Wildman–Crippen MR) is 75.6 cm³/mol. The van der Waals surface area contributed by atoms with Crippen LogP contribution in [0.15, 0.2) is 4.99 Å². The van der Waals surface area contributed by atoms with E-state index in [9.17, 15) is 8.42 Å². The minimum atomic E-state index is -2.89. The summed E-state index contributed by atoms with van der Waals surface area (Å²) in [6.45, 7) is 6.89. The smallest absolute Gasteiger partial charge is 0.191 e. The lowest BCUT2D eigenvalue weighted by atomic mass is 10.3. The summed E-state index contributed by atoms with van der Waals surface area (Å²) in [6.07, 6.45) is 3.05. The minimum Gasteiger partial charge on any atom is -0.354 e. The highest BCUT2D eigenvalue weighted by molar-refractivity contribution is 7.90. The van der Waals surface area contributed by atoms with Gasteiger partial charge in [0.2, 0.25) is 0 Å². The second kappa shape index (κ2) is 6.41. The van der Waals surface area contributed by atoms with Gasteiger partial charge in [0.25, 0.3) is 0 Å². The van der Waals surface area contributed by atoms with E-state index in [1.165, 1.54) is 12.7 Å². The first-order valence-electron chi connectivity index (χ1n) is 6.57. The van der Waals surface area contributed by atoms with E-state index in [0.717, 1.165) is 12.5 Å². The Balaban J connectivity index is 2.38. The van der Waals surface area contributed by atoms with E-state index in [-0.39, 0.29) is 11.8 Å². The van der Waals surface area contributed by atoms with E-state index >= 15 is 0 Å². The number of nitrogens with one attached hydrogen (secondary N) is 2. The Kier molecular flexibility index (Phi) is 5.44. The summed E-state index contributed by atoms with van der Waals surface area (Å²) in [5, 5.41) is 6.62. The molecule has 6 heteroatoms. The van der Waals surface area contributed by atoms with Gasteiger partial charge in [-0.05, 0) is 32.6 Å². The Bertz CT molecular complexity index is 392. The number of hydrogen-bond acceptors (Lipinski definition) is 3. The molecule has 5 nitrogen and oxygen atoms in total. The summed E-state index contributed by atoms with van der Waals surface area (Å²) in [7, 11) is -2.89. The van der Waals surface area contributed by atoms with Crippen molar-refractivity contribution >= 4 is 15.8 Å². The Morgan fingerprint density at radius 3 is 2.56 bits per heavy atom. The Labute approximate surface area is 110 Å². The lowest BCUT2D eigenvalue weighted by Gasteiger charge is -2.18. The first-order valence-corrected chi connectivity index (χ1v) is 8.63. The van der Waals surface area contributed by atoms with E-state index in [1.807, 2.05) is 13.8 Å². The van der Waals surface area contributed by atoms with E-state index in [2.05, 4.69) is 22.5 Å². The fourth-order valence-corrected chi connectivity index (χ4v) is 2.47. The van der Waals surface area contributed by atoms with Crippen LogP contribution in [-0.4, -0.2) is 45.0 Å². The minimum absolute atomic E-state index is 0.103. The summed E-state index contributed by atoms with van der Waals surface area (Å²) >= 11 is 0. The predicted octanol–water partition coefficient (Wildman–Crippen LogP) is 0.773. The van der Waals surface area contributed by atoms with Gasteiger partial charge >= 0.3 is 0 Å². The average molecular weight is 275 g/mol. The van der Waals surface area contributed by atoms with Gasteiger partial charge in [-0.25, -0.2) is 8.42 Å². The molecular weight excluding hydrogens is 250 g/mol. The maximum Gasteiger partial charge on any atom is 0.191 e. The molecule has 0 bridgehead atoms. The molecule has 3 atom stereocenters. The van der Waals surface area contributed by atoms with Gasteiger partial charge in [-0.3, -0.25) is 4.99 Å². The molecule has 1 fully saturated rings. The molecule has 0 amide bonds. The van der Waals surface area contributed by atoms with Crippen molar-refractivity contribution in [1.29, 1.82) is 0 Å².